The summed E-state index contributed by atoms with van der Waals surface area (Å²) in [6.45, 7) is 1.86. The van der Waals surface area contributed by atoms with Crippen LogP contribution in [0.3, 0.4) is 0 Å². The van der Waals surface area contributed by atoms with Crippen LogP contribution >= 0.6 is 0 Å². The summed E-state index contributed by atoms with van der Waals surface area (Å²) in [7, 11) is 0. The Morgan fingerprint density at radius 3 is 2.93 bits per heavy atom. The minimum atomic E-state index is 0.443. The summed E-state index contributed by atoms with van der Waals surface area (Å²) < 4.78 is 0. The van der Waals surface area contributed by atoms with E-state index in [9.17, 15) is 0 Å². The number of aromatic amines is 1. The van der Waals surface area contributed by atoms with Crippen LogP contribution in [0.1, 0.15) is 11.3 Å². The van der Waals surface area contributed by atoms with Gasteiger partial charge in [-0.3, -0.25) is 0 Å². The monoisotopic (exact) mass is 184 g/mol. The lowest BCUT2D eigenvalue weighted by molar-refractivity contribution is 1.17. The third-order valence-electron chi connectivity index (χ3n) is 1.94. The van der Waals surface area contributed by atoms with Crippen LogP contribution in [0.25, 0.3) is 11.5 Å². The quantitative estimate of drug-likeness (QED) is 0.732. The number of hydrogen-bond donors (Lipinski definition) is 1. The predicted octanol–water partition coefficient (Wildman–Crippen LogP) is 1.65. The van der Waals surface area contributed by atoms with Crippen LogP contribution in [0.2, 0.25) is 0 Å². The van der Waals surface area contributed by atoms with Gasteiger partial charge in [0.2, 0.25) is 0 Å². The van der Waals surface area contributed by atoms with Crippen LogP contribution in [0, 0.1) is 18.3 Å². The van der Waals surface area contributed by atoms with Gasteiger partial charge in [0.05, 0.1) is 0 Å². The second-order valence-corrected chi connectivity index (χ2v) is 2.91. The molecule has 2 heterocycles. The van der Waals surface area contributed by atoms with Gasteiger partial charge in [-0.05, 0) is 18.6 Å². The molecular weight excluding hydrogens is 176 g/mol. The highest BCUT2D eigenvalue weighted by Gasteiger charge is 2.04. The number of hydrogen-bond acceptors (Lipinski definition) is 3. The molecule has 0 atom stereocenters. The fraction of sp³-hybridized carbons (Fsp3) is 0.100. The van der Waals surface area contributed by atoms with Gasteiger partial charge in [-0.1, -0.05) is 6.07 Å². The number of aromatic nitrogens is 3. The molecule has 0 aliphatic rings. The molecule has 14 heavy (non-hydrogen) atoms. The zero-order valence-corrected chi connectivity index (χ0v) is 7.65. The summed E-state index contributed by atoms with van der Waals surface area (Å²) in [6, 6.07) is 5.75. The van der Waals surface area contributed by atoms with E-state index in [1.807, 2.05) is 25.1 Å². The maximum absolute atomic E-state index is 8.80. The topological polar surface area (TPSA) is 65.4 Å². The van der Waals surface area contributed by atoms with Gasteiger partial charge in [0, 0.05) is 12.4 Å². The first kappa shape index (κ1) is 8.45. The van der Waals surface area contributed by atoms with E-state index in [1.165, 1.54) is 0 Å². The van der Waals surface area contributed by atoms with Gasteiger partial charge in [0.15, 0.2) is 5.82 Å². The summed E-state index contributed by atoms with van der Waals surface area (Å²) >= 11 is 0. The van der Waals surface area contributed by atoms with Crippen LogP contribution in [0.4, 0.5) is 0 Å². The van der Waals surface area contributed by atoms with Crippen LogP contribution in [0.5, 0.6) is 0 Å². The van der Waals surface area contributed by atoms with E-state index in [0.717, 1.165) is 5.56 Å². The van der Waals surface area contributed by atoms with Crippen molar-refractivity contribution in [2.24, 2.45) is 0 Å². The van der Waals surface area contributed by atoms with Gasteiger partial charge < -0.3 is 4.98 Å². The van der Waals surface area contributed by atoms with Crippen LogP contribution < -0.4 is 0 Å². The van der Waals surface area contributed by atoms with Crippen molar-refractivity contribution in [2.75, 3.05) is 0 Å². The highest BCUT2D eigenvalue weighted by molar-refractivity contribution is 5.51. The lowest BCUT2D eigenvalue weighted by atomic mass is 10.2. The Bertz CT molecular complexity index is 479. The van der Waals surface area contributed by atoms with Gasteiger partial charge in [0.1, 0.15) is 17.5 Å². The molecule has 0 unspecified atom stereocenters. The number of imidazole rings is 1. The summed E-state index contributed by atoms with van der Waals surface area (Å²) in [5.74, 6) is 0.682. The van der Waals surface area contributed by atoms with E-state index < -0.39 is 0 Å². The van der Waals surface area contributed by atoms with E-state index in [1.54, 1.807) is 12.4 Å². The third kappa shape index (κ3) is 1.36. The molecule has 68 valence electrons. The predicted molar refractivity (Wildman–Crippen MR) is 51.3 cm³/mol. The number of pyridine rings is 1. The lowest BCUT2D eigenvalue weighted by Gasteiger charge is -1.99. The maximum atomic E-state index is 8.80. The Hall–Kier alpha value is -2.15. The molecule has 2 rings (SSSR count). The van der Waals surface area contributed by atoms with Crippen molar-refractivity contribution in [3.8, 4) is 17.6 Å². The Morgan fingerprint density at radius 1 is 1.43 bits per heavy atom. The Labute approximate surface area is 81.3 Å². The van der Waals surface area contributed by atoms with E-state index in [4.69, 9.17) is 5.26 Å². The second-order valence-electron chi connectivity index (χ2n) is 2.91. The molecule has 2 aromatic heterocycles. The zero-order valence-electron chi connectivity index (χ0n) is 7.65. The average molecular weight is 184 g/mol. The molecule has 0 radical (unpaired) electrons. The fourth-order valence-corrected chi connectivity index (χ4v) is 1.18. The maximum Gasteiger partial charge on any atom is 0.156 e. The molecule has 1 N–H and O–H groups in total. The molecule has 4 heteroatoms. The lowest BCUT2D eigenvalue weighted by Crippen LogP contribution is -1.92. The summed E-state index contributed by atoms with van der Waals surface area (Å²) in [4.78, 5) is 11.2. The molecule has 0 aliphatic heterocycles. The van der Waals surface area contributed by atoms with Crippen LogP contribution in [-0.2, 0) is 0 Å². The Kier molecular flexibility index (Phi) is 1.99. The van der Waals surface area contributed by atoms with E-state index in [0.29, 0.717) is 17.2 Å². The van der Waals surface area contributed by atoms with Crippen molar-refractivity contribution >= 4 is 0 Å². The number of nitriles is 1. The van der Waals surface area contributed by atoms with Crippen molar-refractivity contribution in [3.63, 3.8) is 0 Å². The van der Waals surface area contributed by atoms with Crippen molar-refractivity contribution < 1.29 is 0 Å². The van der Waals surface area contributed by atoms with E-state index in [2.05, 4.69) is 15.0 Å². The average Bonchev–Trinajstić information content (AvgIpc) is 2.71. The number of aryl methyl sites for hydroxylation is 1. The molecule has 0 spiro atoms. The summed E-state index contributed by atoms with van der Waals surface area (Å²) in [6.07, 6.45) is 3.38. The molecule has 0 aromatic carbocycles. The number of H-pyrrole nitrogens is 1. The zero-order chi connectivity index (χ0) is 9.97. The van der Waals surface area contributed by atoms with Crippen molar-refractivity contribution in [2.45, 2.75) is 6.92 Å². The second kappa shape index (κ2) is 3.30. The normalized spacial score (nSPS) is 9.71. The smallest absolute Gasteiger partial charge is 0.156 e. The van der Waals surface area contributed by atoms with Gasteiger partial charge >= 0.3 is 0 Å². The Balaban J connectivity index is 2.53. The first-order valence-corrected chi connectivity index (χ1v) is 4.19. The van der Waals surface area contributed by atoms with Crippen LogP contribution in [-0.4, -0.2) is 15.0 Å². The van der Waals surface area contributed by atoms with Gasteiger partial charge in [-0.15, -0.1) is 0 Å². The standard InChI is InChI=1S/C10H8N4/c1-7-2-3-8(14-9(7)6-11)10-12-4-5-13-10/h2-5H,1H3,(H,12,13). The van der Waals surface area contributed by atoms with E-state index in [-0.39, 0.29) is 0 Å². The highest BCUT2D eigenvalue weighted by Crippen LogP contribution is 2.13. The molecule has 0 aliphatic carbocycles. The van der Waals surface area contributed by atoms with Crippen molar-refractivity contribution in [1.29, 1.82) is 5.26 Å². The van der Waals surface area contributed by atoms with Crippen LogP contribution in [0.15, 0.2) is 24.5 Å². The van der Waals surface area contributed by atoms with Gasteiger partial charge in [0.25, 0.3) is 0 Å². The van der Waals surface area contributed by atoms with Gasteiger partial charge in [-0.2, -0.15) is 5.26 Å². The molecule has 0 bridgehead atoms. The minimum absolute atomic E-state index is 0.443. The number of nitrogens with zero attached hydrogens (tertiary/aromatic N) is 3. The van der Waals surface area contributed by atoms with E-state index >= 15 is 0 Å². The summed E-state index contributed by atoms with van der Waals surface area (Å²) in [5, 5.41) is 8.80. The number of nitrogens with one attached hydrogen (secondary N) is 1. The largest absolute Gasteiger partial charge is 0.343 e. The van der Waals surface area contributed by atoms with Crippen molar-refractivity contribution in [3.05, 3.63) is 35.8 Å². The highest BCUT2D eigenvalue weighted by atomic mass is 14.9. The molecule has 0 fully saturated rings. The number of rotatable bonds is 1. The first-order valence-electron chi connectivity index (χ1n) is 4.19. The Morgan fingerprint density at radius 2 is 2.29 bits per heavy atom. The summed E-state index contributed by atoms with van der Waals surface area (Å²) in [5.41, 5.74) is 2.01. The van der Waals surface area contributed by atoms with Gasteiger partial charge in [-0.25, -0.2) is 9.97 Å². The molecule has 0 amide bonds. The van der Waals surface area contributed by atoms with Crippen molar-refractivity contribution in [1.82, 2.24) is 15.0 Å². The molecule has 0 saturated heterocycles. The SMILES string of the molecule is Cc1ccc(-c2ncc[nH]2)nc1C#N. The third-order valence-corrected chi connectivity index (χ3v) is 1.94. The molecule has 4 nitrogen and oxygen atoms in total. The molecular formula is C10H8N4. The first-order chi connectivity index (χ1) is 6.81. The minimum Gasteiger partial charge on any atom is -0.343 e. The molecule has 2 aromatic rings. The fourth-order valence-electron chi connectivity index (χ4n) is 1.18. The molecule has 0 saturated carbocycles.